The Labute approximate surface area is 143 Å². The van der Waals surface area contributed by atoms with Crippen LogP contribution in [0.15, 0.2) is 54.4 Å². The molecule has 1 aliphatic carbocycles. The molecule has 1 heterocycles. The predicted octanol–water partition coefficient (Wildman–Crippen LogP) is 4.32. The number of ether oxygens (including phenoxy) is 2. The van der Waals surface area contributed by atoms with E-state index >= 15 is 0 Å². The summed E-state index contributed by atoms with van der Waals surface area (Å²) in [5.41, 5.74) is 0.285. The van der Waals surface area contributed by atoms with Crippen LogP contribution in [-0.2, 0) is 9.53 Å². The van der Waals surface area contributed by atoms with Gasteiger partial charge < -0.3 is 9.47 Å². The quantitative estimate of drug-likeness (QED) is 0.773. The summed E-state index contributed by atoms with van der Waals surface area (Å²) in [6.45, 7) is 0. The average Bonchev–Trinajstić information content (AvgIpc) is 2.55. The van der Waals surface area contributed by atoms with Crippen LogP contribution < -0.4 is 4.74 Å². The van der Waals surface area contributed by atoms with E-state index in [2.05, 4.69) is 4.98 Å². The molecule has 0 bridgehead atoms. The smallest absolute Gasteiger partial charge is 0.344 e. The second-order valence-corrected chi connectivity index (χ2v) is 5.70. The predicted molar refractivity (Wildman–Crippen MR) is 88.1 cm³/mol. The molecule has 1 aliphatic rings. The number of nitrogens with zero attached hydrogens (tertiary/aromatic N) is 1. The average molecular weight is 344 g/mol. The van der Waals surface area contributed by atoms with Gasteiger partial charge in [0.15, 0.2) is 5.78 Å². The molecule has 122 valence electrons. The van der Waals surface area contributed by atoms with Gasteiger partial charge in [-0.15, -0.1) is 0 Å². The third-order valence-electron chi connectivity index (χ3n) is 3.38. The third-order valence-corrected chi connectivity index (χ3v) is 3.62. The number of carbonyl (C=O) groups excluding carboxylic acids is 2. The van der Waals surface area contributed by atoms with Gasteiger partial charge in [-0.25, -0.2) is 9.78 Å². The zero-order valence-corrected chi connectivity index (χ0v) is 13.5. The van der Waals surface area contributed by atoms with Gasteiger partial charge in [0.2, 0.25) is 5.88 Å². The van der Waals surface area contributed by atoms with Crippen LogP contribution >= 0.6 is 11.6 Å². The van der Waals surface area contributed by atoms with Crippen molar-refractivity contribution in [2.45, 2.75) is 19.3 Å². The van der Waals surface area contributed by atoms with E-state index in [1.165, 1.54) is 12.3 Å². The van der Waals surface area contributed by atoms with Gasteiger partial charge in [0.05, 0.1) is 5.56 Å². The molecule has 0 unspecified atom stereocenters. The highest BCUT2D eigenvalue weighted by Gasteiger charge is 2.16. The molecule has 3 rings (SSSR count). The zero-order chi connectivity index (χ0) is 16.9. The Kier molecular flexibility index (Phi) is 4.91. The first-order valence-electron chi connectivity index (χ1n) is 7.45. The minimum Gasteiger partial charge on any atom is -0.439 e. The molecule has 0 fully saturated rings. The minimum absolute atomic E-state index is 0.0209. The van der Waals surface area contributed by atoms with Crippen molar-refractivity contribution < 1.29 is 19.1 Å². The molecule has 0 radical (unpaired) electrons. The second-order valence-electron chi connectivity index (χ2n) is 5.26. The van der Waals surface area contributed by atoms with Gasteiger partial charge in [0, 0.05) is 36.2 Å². The van der Waals surface area contributed by atoms with Crippen molar-refractivity contribution in [3.63, 3.8) is 0 Å². The van der Waals surface area contributed by atoms with Crippen LogP contribution in [0.1, 0.15) is 29.6 Å². The van der Waals surface area contributed by atoms with Gasteiger partial charge in [-0.3, -0.25) is 4.79 Å². The van der Waals surface area contributed by atoms with Crippen molar-refractivity contribution in [1.29, 1.82) is 0 Å². The maximum absolute atomic E-state index is 12.1. The summed E-state index contributed by atoms with van der Waals surface area (Å²) in [4.78, 5) is 27.5. The number of rotatable bonds is 4. The van der Waals surface area contributed by atoms with Crippen molar-refractivity contribution in [3.8, 4) is 11.6 Å². The highest BCUT2D eigenvalue weighted by molar-refractivity contribution is 6.30. The fraction of sp³-hybridized carbons (Fsp3) is 0.167. The van der Waals surface area contributed by atoms with E-state index in [9.17, 15) is 9.59 Å². The number of benzene rings is 1. The number of halogens is 1. The maximum atomic E-state index is 12.1. The van der Waals surface area contributed by atoms with Crippen LogP contribution in [0.3, 0.4) is 0 Å². The van der Waals surface area contributed by atoms with Crippen molar-refractivity contribution in [3.05, 3.63) is 65.0 Å². The lowest BCUT2D eigenvalue weighted by atomic mass is 10.1. The summed E-state index contributed by atoms with van der Waals surface area (Å²) >= 11 is 5.89. The van der Waals surface area contributed by atoms with E-state index in [0.29, 0.717) is 41.7 Å². The second kappa shape index (κ2) is 7.27. The van der Waals surface area contributed by atoms with Crippen LogP contribution in [0, 0.1) is 0 Å². The van der Waals surface area contributed by atoms with E-state index in [0.717, 1.165) is 0 Å². The molecule has 1 aromatic heterocycles. The Balaban J connectivity index is 1.65. The Bertz CT molecular complexity index is 799. The number of pyridine rings is 1. The van der Waals surface area contributed by atoms with Gasteiger partial charge in [-0.1, -0.05) is 17.7 Å². The molecule has 0 N–H and O–H groups in total. The molecular formula is C18H14ClNO4. The largest absolute Gasteiger partial charge is 0.439 e. The normalized spacial score (nSPS) is 14.0. The molecule has 0 amide bonds. The highest BCUT2D eigenvalue weighted by Crippen LogP contribution is 2.23. The molecular weight excluding hydrogens is 330 g/mol. The van der Waals surface area contributed by atoms with Gasteiger partial charge in [-0.05, 0) is 30.7 Å². The molecule has 0 spiro atoms. The molecule has 0 saturated heterocycles. The Morgan fingerprint density at radius 2 is 2.04 bits per heavy atom. The standard InChI is InChI=1S/C18H14ClNO4/c19-13-3-1-5-15(9-13)23-17-8-7-12(11-20-17)18(22)24-16-6-2-4-14(21)10-16/h1,3,5,7-11H,2,4,6H2. The summed E-state index contributed by atoms with van der Waals surface area (Å²) in [5, 5.41) is 0.558. The molecule has 5 nitrogen and oxygen atoms in total. The Morgan fingerprint density at radius 1 is 1.17 bits per heavy atom. The van der Waals surface area contributed by atoms with E-state index in [-0.39, 0.29) is 11.3 Å². The van der Waals surface area contributed by atoms with E-state index in [1.54, 1.807) is 36.4 Å². The highest BCUT2D eigenvalue weighted by atomic mass is 35.5. The van der Waals surface area contributed by atoms with Gasteiger partial charge in [-0.2, -0.15) is 0 Å². The number of allylic oxidation sites excluding steroid dienone is 2. The van der Waals surface area contributed by atoms with Crippen LogP contribution in [0.2, 0.25) is 5.02 Å². The van der Waals surface area contributed by atoms with Crippen LogP contribution in [0.4, 0.5) is 0 Å². The number of ketones is 1. The topological polar surface area (TPSA) is 65.5 Å². The SMILES string of the molecule is O=C1C=C(OC(=O)c2ccc(Oc3cccc(Cl)c3)nc2)CCC1. The van der Waals surface area contributed by atoms with E-state index < -0.39 is 5.97 Å². The summed E-state index contributed by atoms with van der Waals surface area (Å²) in [6.07, 6.45) is 4.53. The molecule has 0 aliphatic heterocycles. The molecule has 0 saturated carbocycles. The third kappa shape index (κ3) is 4.20. The molecule has 0 atom stereocenters. The van der Waals surface area contributed by atoms with Crippen LogP contribution in [-0.4, -0.2) is 16.7 Å². The molecule has 24 heavy (non-hydrogen) atoms. The van der Waals surface area contributed by atoms with E-state index in [4.69, 9.17) is 21.1 Å². The number of esters is 1. The molecule has 6 heteroatoms. The number of hydrogen-bond donors (Lipinski definition) is 0. The lowest BCUT2D eigenvalue weighted by Gasteiger charge is -2.12. The number of aromatic nitrogens is 1. The first-order chi connectivity index (χ1) is 11.6. The van der Waals surface area contributed by atoms with Crippen LogP contribution in [0.25, 0.3) is 0 Å². The molecule has 2 aromatic rings. The van der Waals surface area contributed by atoms with Crippen LogP contribution in [0.5, 0.6) is 11.6 Å². The summed E-state index contributed by atoms with van der Waals surface area (Å²) in [7, 11) is 0. The summed E-state index contributed by atoms with van der Waals surface area (Å²) in [5.74, 6) is 0.720. The first-order valence-corrected chi connectivity index (χ1v) is 7.83. The van der Waals surface area contributed by atoms with Crippen molar-refractivity contribution >= 4 is 23.4 Å². The number of carbonyl (C=O) groups is 2. The van der Waals surface area contributed by atoms with Gasteiger partial charge in [0.1, 0.15) is 11.5 Å². The van der Waals surface area contributed by atoms with Gasteiger partial charge in [0.25, 0.3) is 0 Å². The Morgan fingerprint density at radius 3 is 2.75 bits per heavy atom. The monoisotopic (exact) mass is 343 g/mol. The fourth-order valence-electron chi connectivity index (χ4n) is 2.23. The van der Waals surface area contributed by atoms with Crippen molar-refractivity contribution in [2.75, 3.05) is 0 Å². The zero-order valence-electron chi connectivity index (χ0n) is 12.7. The van der Waals surface area contributed by atoms with Crippen molar-refractivity contribution in [2.24, 2.45) is 0 Å². The number of hydrogen-bond acceptors (Lipinski definition) is 5. The lowest BCUT2D eigenvalue weighted by Crippen LogP contribution is -2.10. The summed E-state index contributed by atoms with van der Waals surface area (Å²) in [6, 6.07) is 10.0. The molecule has 1 aromatic carbocycles. The minimum atomic E-state index is -0.544. The summed E-state index contributed by atoms with van der Waals surface area (Å²) < 4.78 is 10.8. The van der Waals surface area contributed by atoms with Gasteiger partial charge >= 0.3 is 5.97 Å². The fourth-order valence-corrected chi connectivity index (χ4v) is 2.41. The Hall–Kier alpha value is -2.66. The van der Waals surface area contributed by atoms with E-state index in [1.807, 2.05) is 0 Å². The first kappa shape index (κ1) is 16.2. The maximum Gasteiger partial charge on any atom is 0.344 e. The lowest BCUT2D eigenvalue weighted by molar-refractivity contribution is -0.115. The van der Waals surface area contributed by atoms with Crippen molar-refractivity contribution in [1.82, 2.24) is 4.98 Å².